The van der Waals surface area contributed by atoms with Crippen molar-refractivity contribution >= 4 is 0 Å². The van der Waals surface area contributed by atoms with Crippen molar-refractivity contribution in [3.63, 3.8) is 0 Å². The molecular weight excluding hydrogens is 425 g/mol. The topological polar surface area (TPSA) is 39.6 Å². The lowest BCUT2D eigenvalue weighted by atomic mass is 9.74. The van der Waals surface area contributed by atoms with Gasteiger partial charge in [-0.2, -0.15) is 0 Å². The van der Waals surface area contributed by atoms with Crippen molar-refractivity contribution in [2.45, 2.75) is 37.4 Å². The van der Waals surface area contributed by atoms with E-state index < -0.39 is 0 Å². The number of halogens is 1. The van der Waals surface area contributed by atoms with Crippen molar-refractivity contribution < 1.29 is 9.50 Å². The van der Waals surface area contributed by atoms with E-state index in [0.717, 1.165) is 49.2 Å². The van der Waals surface area contributed by atoms with E-state index in [1.807, 2.05) is 24.3 Å². The van der Waals surface area contributed by atoms with Gasteiger partial charge in [-0.15, -0.1) is 0 Å². The molecule has 5 rings (SSSR count). The standard InChI is InChI=1S/C29H30FN3O/c30-26-8-2-1-7-25(26)19-32-16-3-4-17-33-27(20-32)29(28(33)21-34)24-13-11-22(12-14-24)9-10-23-6-5-15-31-18-23/h1-2,5-8,11-15,18,27-29,34H,3-4,16-17,19-21H2/t27-,28-,29-/m1/s1. The minimum atomic E-state index is -0.136. The number of hydrogen-bond donors (Lipinski definition) is 1. The number of pyridine rings is 1. The number of rotatable bonds is 4. The minimum Gasteiger partial charge on any atom is -0.395 e. The Morgan fingerprint density at radius 1 is 0.941 bits per heavy atom. The molecule has 3 aromatic rings. The zero-order valence-corrected chi connectivity index (χ0v) is 19.3. The third-order valence-electron chi connectivity index (χ3n) is 7.11. The molecular formula is C29H30FN3O. The van der Waals surface area contributed by atoms with Gasteiger partial charge < -0.3 is 5.11 Å². The Kier molecular flexibility index (Phi) is 7.01. The van der Waals surface area contributed by atoms with Gasteiger partial charge in [-0.1, -0.05) is 42.2 Å². The first-order valence-corrected chi connectivity index (χ1v) is 12.1. The van der Waals surface area contributed by atoms with Gasteiger partial charge in [0.1, 0.15) is 5.82 Å². The smallest absolute Gasteiger partial charge is 0.127 e. The van der Waals surface area contributed by atoms with Gasteiger partial charge in [0.05, 0.1) is 6.61 Å². The molecule has 0 bridgehead atoms. The van der Waals surface area contributed by atoms with E-state index in [0.29, 0.717) is 12.6 Å². The first kappa shape index (κ1) is 22.7. The molecule has 2 aromatic carbocycles. The first-order valence-electron chi connectivity index (χ1n) is 12.1. The second-order valence-electron chi connectivity index (χ2n) is 9.23. The predicted octanol–water partition coefficient (Wildman–Crippen LogP) is 4.05. The lowest BCUT2D eigenvalue weighted by Gasteiger charge is -2.57. The third-order valence-corrected chi connectivity index (χ3v) is 7.11. The lowest BCUT2D eigenvalue weighted by molar-refractivity contribution is -0.0656. The molecule has 1 aromatic heterocycles. The van der Waals surface area contributed by atoms with E-state index >= 15 is 0 Å². The summed E-state index contributed by atoms with van der Waals surface area (Å²) in [6, 6.07) is 19.8. The monoisotopic (exact) mass is 455 g/mol. The zero-order valence-electron chi connectivity index (χ0n) is 19.3. The molecule has 0 amide bonds. The molecule has 3 heterocycles. The fraction of sp³-hybridized carbons (Fsp3) is 0.345. The highest BCUT2D eigenvalue weighted by Crippen LogP contribution is 2.42. The van der Waals surface area contributed by atoms with Crippen molar-refractivity contribution in [2.24, 2.45) is 0 Å². The van der Waals surface area contributed by atoms with Crippen LogP contribution in [0.25, 0.3) is 0 Å². The van der Waals surface area contributed by atoms with Crippen LogP contribution in [0, 0.1) is 17.7 Å². The van der Waals surface area contributed by atoms with Crippen LogP contribution in [0.15, 0.2) is 73.1 Å². The molecule has 0 aliphatic carbocycles. The maximum absolute atomic E-state index is 14.3. The normalized spacial score (nSPS) is 23.1. The molecule has 1 N–H and O–H groups in total. The highest BCUT2D eigenvalue weighted by Gasteiger charge is 2.49. The maximum atomic E-state index is 14.3. The molecule has 0 radical (unpaired) electrons. The Bertz CT molecular complexity index is 1160. The quantitative estimate of drug-likeness (QED) is 0.603. The van der Waals surface area contributed by atoms with Crippen molar-refractivity contribution in [3.8, 4) is 11.8 Å². The van der Waals surface area contributed by atoms with Crippen LogP contribution in [0.1, 0.15) is 41.0 Å². The average molecular weight is 456 g/mol. The van der Waals surface area contributed by atoms with Gasteiger partial charge in [0, 0.05) is 60.2 Å². The van der Waals surface area contributed by atoms with Crippen LogP contribution >= 0.6 is 0 Å². The fourth-order valence-corrected chi connectivity index (χ4v) is 5.39. The summed E-state index contributed by atoms with van der Waals surface area (Å²) in [5.74, 6) is 6.48. The molecule has 3 atom stereocenters. The van der Waals surface area contributed by atoms with E-state index in [2.05, 4.69) is 50.9 Å². The first-order chi connectivity index (χ1) is 16.7. The van der Waals surface area contributed by atoms with Crippen molar-refractivity contribution in [1.29, 1.82) is 0 Å². The van der Waals surface area contributed by atoms with Gasteiger partial charge >= 0.3 is 0 Å². The van der Waals surface area contributed by atoms with Crippen LogP contribution < -0.4 is 0 Å². The van der Waals surface area contributed by atoms with Crippen LogP contribution in [0.2, 0.25) is 0 Å². The maximum Gasteiger partial charge on any atom is 0.127 e. The third kappa shape index (κ3) is 4.90. The molecule has 2 saturated heterocycles. The number of benzene rings is 2. The second kappa shape index (κ2) is 10.5. The molecule has 0 saturated carbocycles. The van der Waals surface area contributed by atoms with Gasteiger partial charge in [0.15, 0.2) is 0 Å². The van der Waals surface area contributed by atoms with Crippen LogP contribution in [0.5, 0.6) is 0 Å². The highest BCUT2D eigenvalue weighted by molar-refractivity contribution is 5.43. The largest absolute Gasteiger partial charge is 0.395 e. The Labute approximate surface area is 201 Å². The highest BCUT2D eigenvalue weighted by atomic mass is 19.1. The lowest BCUT2D eigenvalue weighted by Crippen LogP contribution is -2.67. The summed E-state index contributed by atoms with van der Waals surface area (Å²) in [5, 5.41) is 10.2. The van der Waals surface area contributed by atoms with Crippen molar-refractivity contribution in [3.05, 3.63) is 101 Å². The van der Waals surface area contributed by atoms with Gasteiger partial charge in [0.2, 0.25) is 0 Å². The van der Waals surface area contributed by atoms with Crippen LogP contribution in [0.3, 0.4) is 0 Å². The number of aliphatic hydroxyl groups excluding tert-OH is 1. The van der Waals surface area contributed by atoms with E-state index in [-0.39, 0.29) is 24.4 Å². The average Bonchev–Trinajstić information content (AvgIpc) is 2.86. The minimum absolute atomic E-state index is 0.130. The van der Waals surface area contributed by atoms with Gasteiger partial charge in [-0.3, -0.25) is 14.8 Å². The molecule has 2 fully saturated rings. The van der Waals surface area contributed by atoms with Crippen LogP contribution in [0.4, 0.5) is 4.39 Å². The molecule has 0 unspecified atom stereocenters. The summed E-state index contributed by atoms with van der Waals surface area (Å²) in [6.07, 6.45) is 5.69. The molecule has 0 spiro atoms. The Hall–Kier alpha value is -3.04. The molecule has 5 heteroatoms. The summed E-state index contributed by atoms with van der Waals surface area (Å²) in [4.78, 5) is 8.94. The summed E-state index contributed by atoms with van der Waals surface area (Å²) < 4.78 is 14.3. The predicted molar refractivity (Wildman–Crippen MR) is 132 cm³/mol. The Morgan fingerprint density at radius 3 is 2.50 bits per heavy atom. The Morgan fingerprint density at radius 2 is 1.74 bits per heavy atom. The summed E-state index contributed by atoms with van der Waals surface area (Å²) in [7, 11) is 0. The van der Waals surface area contributed by atoms with Gasteiger partial charge in [-0.25, -0.2) is 4.39 Å². The molecule has 2 aliphatic rings. The van der Waals surface area contributed by atoms with Crippen molar-refractivity contribution in [1.82, 2.24) is 14.8 Å². The van der Waals surface area contributed by atoms with Gasteiger partial charge in [-0.05, 0) is 61.8 Å². The molecule has 174 valence electrons. The Balaban J connectivity index is 1.33. The number of aromatic nitrogens is 1. The molecule has 2 aliphatic heterocycles. The summed E-state index contributed by atoms with van der Waals surface area (Å²) in [6.45, 7) is 3.62. The van der Waals surface area contributed by atoms with E-state index in [4.69, 9.17) is 0 Å². The van der Waals surface area contributed by atoms with E-state index in [1.165, 1.54) is 5.56 Å². The summed E-state index contributed by atoms with van der Waals surface area (Å²) >= 11 is 0. The van der Waals surface area contributed by atoms with Crippen LogP contribution in [-0.4, -0.2) is 58.2 Å². The fourth-order valence-electron chi connectivity index (χ4n) is 5.39. The van der Waals surface area contributed by atoms with Gasteiger partial charge in [0.25, 0.3) is 0 Å². The molecule has 4 nitrogen and oxygen atoms in total. The van der Waals surface area contributed by atoms with Crippen LogP contribution in [-0.2, 0) is 6.54 Å². The SMILES string of the molecule is OC[C@@H]1[C@H](c2ccc(C#Cc3cccnc3)cc2)[C@H]2CN(Cc3ccccc3F)CCCCN12. The molecule has 34 heavy (non-hydrogen) atoms. The van der Waals surface area contributed by atoms with E-state index in [1.54, 1.807) is 24.5 Å². The number of hydrogen-bond acceptors (Lipinski definition) is 4. The zero-order chi connectivity index (χ0) is 23.3. The van der Waals surface area contributed by atoms with Crippen molar-refractivity contribution in [2.75, 3.05) is 26.2 Å². The van der Waals surface area contributed by atoms with E-state index in [9.17, 15) is 9.50 Å². The summed E-state index contributed by atoms with van der Waals surface area (Å²) in [5.41, 5.74) is 3.84. The number of fused-ring (bicyclic) bond motifs is 1. The number of nitrogens with zero attached hydrogens (tertiary/aromatic N) is 3. The number of aliphatic hydroxyl groups is 1. The second-order valence-corrected chi connectivity index (χ2v) is 9.23.